The molecule has 0 aliphatic carbocycles. The molecule has 3 aromatic rings. The summed E-state index contributed by atoms with van der Waals surface area (Å²) in [5, 5.41) is 13.5. The molecule has 2 aromatic carbocycles. The second-order valence-corrected chi connectivity index (χ2v) is 4.89. The second kappa shape index (κ2) is 5.54. The van der Waals surface area contributed by atoms with Gasteiger partial charge in [0.25, 0.3) is 5.89 Å². The predicted octanol–water partition coefficient (Wildman–Crippen LogP) is 3.83. The number of aromatic nitrogens is 2. The lowest BCUT2D eigenvalue weighted by Crippen LogP contribution is -1.91. The number of rotatable bonds is 3. The van der Waals surface area contributed by atoms with Gasteiger partial charge in [0.2, 0.25) is 0 Å². The molecule has 4 nitrogen and oxygen atoms in total. The van der Waals surface area contributed by atoms with Crippen molar-refractivity contribution in [2.75, 3.05) is 0 Å². The topological polar surface area (TPSA) is 59.2 Å². The van der Waals surface area contributed by atoms with Gasteiger partial charge in [-0.05, 0) is 35.9 Å². The van der Waals surface area contributed by atoms with Crippen LogP contribution in [0.4, 0.5) is 4.39 Å². The zero-order valence-electron chi connectivity index (χ0n) is 10.8. The van der Waals surface area contributed by atoms with Gasteiger partial charge >= 0.3 is 0 Å². The molecule has 106 valence electrons. The van der Waals surface area contributed by atoms with Crippen molar-refractivity contribution in [3.05, 3.63) is 64.7 Å². The maximum Gasteiger partial charge on any atom is 0.257 e. The Kier molecular flexibility index (Phi) is 3.58. The molecular formula is C15H10ClFN2O2. The van der Waals surface area contributed by atoms with Gasteiger partial charge in [-0.3, -0.25) is 0 Å². The first-order chi connectivity index (χ1) is 10.1. The first-order valence-electron chi connectivity index (χ1n) is 6.18. The maximum absolute atomic E-state index is 12.8. The van der Waals surface area contributed by atoms with Gasteiger partial charge in [-0.2, -0.15) is 4.98 Å². The average Bonchev–Trinajstić information content (AvgIpc) is 2.93. The van der Waals surface area contributed by atoms with Crippen LogP contribution in [0.2, 0.25) is 5.02 Å². The van der Waals surface area contributed by atoms with Gasteiger partial charge in [0.15, 0.2) is 5.82 Å². The van der Waals surface area contributed by atoms with Gasteiger partial charge < -0.3 is 9.63 Å². The molecule has 0 aliphatic heterocycles. The molecule has 6 heteroatoms. The largest absolute Gasteiger partial charge is 0.506 e. The summed E-state index contributed by atoms with van der Waals surface area (Å²) in [6.07, 6.45) is 0.440. The summed E-state index contributed by atoms with van der Waals surface area (Å²) in [6.45, 7) is 0. The molecule has 0 saturated heterocycles. The summed E-state index contributed by atoms with van der Waals surface area (Å²) in [7, 11) is 0. The molecule has 1 heterocycles. The molecule has 1 aromatic heterocycles. The summed E-state index contributed by atoms with van der Waals surface area (Å²) in [6, 6.07) is 10.8. The molecule has 0 saturated carbocycles. The van der Waals surface area contributed by atoms with Crippen molar-refractivity contribution in [2.24, 2.45) is 0 Å². The van der Waals surface area contributed by atoms with Crippen LogP contribution < -0.4 is 0 Å². The van der Waals surface area contributed by atoms with E-state index in [2.05, 4.69) is 10.1 Å². The minimum absolute atomic E-state index is 0.00790. The fraction of sp³-hybridized carbons (Fsp3) is 0.0667. The highest BCUT2D eigenvalue weighted by Crippen LogP contribution is 2.28. The molecule has 0 spiro atoms. The van der Waals surface area contributed by atoms with Crippen molar-refractivity contribution in [3.63, 3.8) is 0 Å². The third-order valence-electron chi connectivity index (χ3n) is 2.94. The summed E-state index contributed by atoms with van der Waals surface area (Å²) in [5.41, 5.74) is 1.50. The lowest BCUT2D eigenvalue weighted by atomic mass is 10.1. The van der Waals surface area contributed by atoms with E-state index in [0.29, 0.717) is 23.7 Å². The van der Waals surface area contributed by atoms with Gasteiger partial charge in [-0.1, -0.05) is 28.9 Å². The Hall–Kier alpha value is -2.40. The quantitative estimate of drug-likeness (QED) is 0.799. The van der Waals surface area contributed by atoms with E-state index in [4.69, 9.17) is 16.1 Å². The fourth-order valence-electron chi connectivity index (χ4n) is 1.87. The van der Waals surface area contributed by atoms with Crippen LogP contribution in [0.1, 0.15) is 11.4 Å². The van der Waals surface area contributed by atoms with E-state index < -0.39 is 0 Å². The third-order valence-corrected chi connectivity index (χ3v) is 3.24. The van der Waals surface area contributed by atoms with Crippen molar-refractivity contribution < 1.29 is 14.0 Å². The molecule has 0 amide bonds. The van der Waals surface area contributed by atoms with E-state index in [9.17, 15) is 9.50 Å². The Morgan fingerprint density at radius 1 is 1.14 bits per heavy atom. The highest BCUT2D eigenvalue weighted by Gasteiger charge is 2.11. The Morgan fingerprint density at radius 2 is 1.90 bits per heavy atom. The number of benzene rings is 2. The lowest BCUT2D eigenvalue weighted by molar-refractivity contribution is 0.423. The first kappa shape index (κ1) is 13.6. The van der Waals surface area contributed by atoms with E-state index >= 15 is 0 Å². The Bertz CT molecular complexity index is 772. The number of phenols is 1. The van der Waals surface area contributed by atoms with Crippen LogP contribution in [0.5, 0.6) is 5.75 Å². The molecule has 0 aliphatic rings. The number of nitrogens with zero attached hydrogens (tertiary/aromatic N) is 2. The minimum Gasteiger partial charge on any atom is -0.506 e. The molecule has 0 unspecified atom stereocenters. The molecule has 0 bridgehead atoms. The van der Waals surface area contributed by atoms with Crippen LogP contribution in [0, 0.1) is 5.82 Å². The molecule has 0 radical (unpaired) electrons. The molecule has 0 fully saturated rings. The monoisotopic (exact) mass is 304 g/mol. The smallest absolute Gasteiger partial charge is 0.257 e. The highest BCUT2D eigenvalue weighted by molar-refractivity contribution is 6.32. The van der Waals surface area contributed by atoms with Crippen molar-refractivity contribution in [1.29, 1.82) is 0 Å². The average molecular weight is 305 g/mol. The van der Waals surface area contributed by atoms with Crippen LogP contribution in [-0.2, 0) is 6.42 Å². The van der Waals surface area contributed by atoms with Crippen molar-refractivity contribution in [3.8, 4) is 17.2 Å². The normalized spacial score (nSPS) is 10.8. The van der Waals surface area contributed by atoms with Gasteiger partial charge in [0.05, 0.1) is 5.02 Å². The summed E-state index contributed by atoms with van der Waals surface area (Å²) in [5.74, 6) is 0.507. The zero-order valence-corrected chi connectivity index (χ0v) is 11.5. The van der Waals surface area contributed by atoms with E-state index in [1.54, 1.807) is 24.3 Å². The van der Waals surface area contributed by atoms with Gasteiger partial charge in [-0.25, -0.2) is 4.39 Å². The third kappa shape index (κ3) is 3.03. The van der Waals surface area contributed by atoms with Crippen molar-refractivity contribution >= 4 is 11.6 Å². The zero-order chi connectivity index (χ0) is 14.8. The predicted molar refractivity (Wildman–Crippen MR) is 75.6 cm³/mol. The standard InChI is InChI=1S/C15H10ClFN2O2/c16-12-8-10(3-6-13(12)20)15-18-14(19-21-15)7-9-1-4-11(17)5-2-9/h1-6,8,20H,7H2. The minimum atomic E-state index is -0.286. The fourth-order valence-corrected chi connectivity index (χ4v) is 2.05. The number of hydrogen-bond acceptors (Lipinski definition) is 4. The SMILES string of the molecule is Oc1ccc(-c2nc(Cc3ccc(F)cc3)no2)cc1Cl. The van der Waals surface area contributed by atoms with E-state index in [1.807, 2.05) is 0 Å². The van der Waals surface area contributed by atoms with Gasteiger partial charge in [0.1, 0.15) is 11.6 Å². The Morgan fingerprint density at radius 3 is 2.62 bits per heavy atom. The second-order valence-electron chi connectivity index (χ2n) is 4.49. The molecule has 21 heavy (non-hydrogen) atoms. The van der Waals surface area contributed by atoms with E-state index in [0.717, 1.165) is 5.56 Å². The number of halogens is 2. The van der Waals surface area contributed by atoms with Crippen molar-refractivity contribution in [2.45, 2.75) is 6.42 Å². The van der Waals surface area contributed by atoms with Crippen LogP contribution in [-0.4, -0.2) is 15.2 Å². The number of aromatic hydroxyl groups is 1. The van der Waals surface area contributed by atoms with Gasteiger partial charge in [0, 0.05) is 12.0 Å². The van der Waals surface area contributed by atoms with E-state index in [1.165, 1.54) is 18.2 Å². The Labute approximate surface area is 124 Å². The maximum atomic E-state index is 12.8. The highest BCUT2D eigenvalue weighted by atomic mass is 35.5. The summed E-state index contributed by atoms with van der Waals surface area (Å²) in [4.78, 5) is 4.26. The van der Waals surface area contributed by atoms with Crippen LogP contribution in [0.15, 0.2) is 47.0 Å². The first-order valence-corrected chi connectivity index (χ1v) is 6.55. The Balaban J connectivity index is 1.82. The van der Waals surface area contributed by atoms with Gasteiger partial charge in [-0.15, -0.1) is 0 Å². The summed E-state index contributed by atoms with van der Waals surface area (Å²) < 4.78 is 18.0. The van der Waals surface area contributed by atoms with Crippen LogP contribution in [0.25, 0.3) is 11.5 Å². The molecule has 1 N–H and O–H groups in total. The molecule has 0 atom stereocenters. The number of hydrogen-bond donors (Lipinski definition) is 1. The van der Waals surface area contributed by atoms with E-state index in [-0.39, 0.29) is 16.6 Å². The van der Waals surface area contributed by atoms with Crippen LogP contribution >= 0.6 is 11.6 Å². The molecular weight excluding hydrogens is 295 g/mol. The van der Waals surface area contributed by atoms with Crippen molar-refractivity contribution in [1.82, 2.24) is 10.1 Å². The molecule has 3 rings (SSSR count). The summed E-state index contributed by atoms with van der Waals surface area (Å²) >= 11 is 5.84. The van der Waals surface area contributed by atoms with Crippen LogP contribution in [0.3, 0.4) is 0 Å². The number of phenolic OH excluding ortho intramolecular Hbond substituents is 1. The lowest BCUT2D eigenvalue weighted by Gasteiger charge is -1.98.